The van der Waals surface area contributed by atoms with Crippen molar-refractivity contribution in [2.24, 2.45) is 0 Å². The molecule has 1 fully saturated rings. The number of nitrogens with one attached hydrogen (secondary N) is 2. The minimum Gasteiger partial charge on any atom is -0.366 e. The van der Waals surface area contributed by atoms with Gasteiger partial charge in [-0.05, 0) is 31.4 Å². The first kappa shape index (κ1) is 21.0. The first-order valence-corrected chi connectivity index (χ1v) is 11.0. The lowest BCUT2D eigenvalue weighted by atomic mass is 10.0. The molecule has 4 heterocycles. The molecule has 9 heteroatoms. The molecule has 4 aromatic rings. The van der Waals surface area contributed by atoms with Crippen LogP contribution in [0.3, 0.4) is 0 Å². The van der Waals surface area contributed by atoms with Crippen LogP contribution < -0.4 is 10.3 Å². The lowest BCUT2D eigenvalue weighted by molar-refractivity contribution is 0.286. The topological polar surface area (TPSA) is 103 Å². The molecular formula is C24H24FN7O. The summed E-state index contributed by atoms with van der Waals surface area (Å²) in [4.78, 5) is 24.0. The number of hydrogen-bond donors (Lipinski definition) is 2. The van der Waals surface area contributed by atoms with Gasteiger partial charge in [-0.15, -0.1) is 0 Å². The molecule has 5 rings (SSSR count). The largest absolute Gasteiger partial charge is 0.366 e. The van der Waals surface area contributed by atoms with E-state index in [0.717, 1.165) is 41.0 Å². The number of anilines is 1. The van der Waals surface area contributed by atoms with Crippen LogP contribution >= 0.6 is 0 Å². The highest BCUT2D eigenvalue weighted by atomic mass is 19.1. The Labute approximate surface area is 189 Å². The molecule has 0 bridgehead atoms. The Morgan fingerprint density at radius 2 is 2.03 bits per heavy atom. The van der Waals surface area contributed by atoms with Crippen molar-refractivity contribution in [3.05, 3.63) is 76.2 Å². The molecule has 0 aliphatic carbocycles. The van der Waals surface area contributed by atoms with Crippen molar-refractivity contribution in [3.8, 4) is 22.5 Å². The van der Waals surface area contributed by atoms with Crippen molar-refractivity contribution < 1.29 is 4.39 Å². The van der Waals surface area contributed by atoms with Crippen molar-refractivity contribution >= 4 is 5.69 Å². The van der Waals surface area contributed by atoms with Gasteiger partial charge in [0.1, 0.15) is 11.9 Å². The van der Waals surface area contributed by atoms with Crippen molar-refractivity contribution in [2.45, 2.75) is 32.4 Å². The lowest BCUT2D eigenvalue weighted by Crippen LogP contribution is -2.36. The van der Waals surface area contributed by atoms with E-state index >= 15 is 0 Å². The number of hydrogen-bond acceptors (Lipinski definition) is 6. The molecule has 1 unspecified atom stereocenters. The summed E-state index contributed by atoms with van der Waals surface area (Å²) in [5.74, 6) is 0.582. The highest BCUT2D eigenvalue weighted by Gasteiger charge is 2.20. The van der Waals surface area contributed by atoms with E-state index in [2.05, 4.69) is 30.4 Å². The fraction of sp³-hybridized carbons (Fsp3) is 0.292. The average molecular weight is 446 g/mol. The third-order valence-corrected chi connectivity index (χ3v) is 5.96. The number of alkyl halides is 1. The Balaban J connectivity index is 1.37. The fourth-order valence-corrected chi connectivity index (χ4v) is 4.20. The van der Waals surface area contributed by atoms with E-state index in [-0.39, 0.29) is 5.43 Å². The summed E-state index contributed by atoms with van der Waals surface area (Å²) in [7, 11) is 0. The first-order valence-electron chi connectivity index (χ1n) is 11.0. The number of H-pyrrole nitrogens is 2. The van der Waals surface area contributed by atoms with Gasteiger partial charge in [-0.3, -0.25) is 15.0 Å². The Morgan fingerprint density at radius 1 is 1.18 bits per heavy atom. The summed E-state index contributed by atoms with van der Waals surface area (Å²) in [6.45, 7) is 3.08. The predicted octanol–water partition coefficient (Wildman–Crippen LogP) is 3.45. The van der Waals surface area contributed by atoms with E-state index < -0.39 is 6.17 Å². The highest BCUT2D eigenvalue weighted by molar-refractivity contribution is 5.64. The quantitative estimate of drug-likeness (QED) is 0.488. The normalized spacial score (nSPS) is 16.2. The summed E-state index contributed by atoms with van der Waals surface area (Å²) in [5.41, 5.74) is 5.02. The van der Waals surface area contributed by atoms with Crippen LogP contribution in [0.4, 0.5) is 10.1 Å². The van der Waals surface area contributed by atoms with Crippen LogP contribution in [-0.4, -0.2) is 49.6 Å². The van der Waals surface area contributed by atoms with Gasteiger partial charge in [-0.2, -0.15) is 10.2 Å². The molecule has 168 valence electrons. The molecule has 1 saturated heterocycles. The minimum absolute atomic E-state index is 0.128. The molecule has 0 amide bonds. The van der Waals surface area contributed by atoms with Gasteiger partial charge < -0.3 is 4.90 Å². The third kappa shape index (κ3) is 4.39. The zero-order valence-electron chi connectivity index (χ0n) is 18.3. The first-order chi connectivity index (χ1) is 16.1. The van der Waals surface area contributed by atoms with Gasteiger partial charge in [-0.25, -0.2) is 14.4 Å². The number of halogens is 1. The van der Waals surface area contributed by atoms with Gasteiger partial charge in [0, 0.05) is 42.5 Å². The van der Waals surface area contributed by atoms with Crippen LogP contribution in [0.25, 0.3) is 22.5 Å². The monoisotopic (exact) mass is 445 g/mol. The minimum atomic E-state index is -0.803. The summed E-state index contributed by atoms with van der Waals surface area (Å²) >= 11 is 0. The number of aryl methyl sites for hydroxylation is 1. The number of rotatable bonds is 5. The number of benzene rings is 1. The van der Waals surface area contributed by atoms with Crippen LogP contribution in [0.2, 0.25) is 0 Å². The summed E-state index contributed by atoms with van der Waals surface area (Å²) in [6, 6.07) is 7.76. The maximum absolute atomic E-state index is 13.7. The summed E-state index contributed by atoms with van der Waals surface area (Å²) < 4.78 is 13.7. The molecule has 0 spiro atoms. The molecule has 0 saturated carbocycles. The van der Waals surface area contributed by atoms with Crippen molar-refractivity contribution in [1.82, 2.24) is 30.4 Å². The van der Waals surface area contributed by atoms with Crippen LogP contribution in [0.1, 0.15) is 29.8 Å². The molecule has 1 atom stereocenters. The zero-order valence-corrected chi connectivity index (χ0v) is 18.3. The molecule has 1 aliphatic rings. The van der Waals surface area contributed by atoms with Crippen LogP contribution in [-0.2, 0) is 6.42 Å². The molecule has 2 N–H and O–H groups in total. The maximum Gasteiger partial charge on any atom is 0.211 e. The molecule has 3 aromatic heterocycles. The highest BCUT2D eigenvalue weighted by Crippen LogP contribution is 2.23. The van der Waals surface area contributed by atoms with Gasteiger partial charge in [0.2, 0.25) is 5.43 Å². The van der Waals surface area contributed by atoms with Gasteiger partial charge in [0.05, 0.1) is 29.8 Å². The number of aromatic amines is 2. The van der Waals surface area contributed by atoms with E-state index in [4.69, 9.17) is 0 Å². The average Bonchev–Trinajstić information content (AvgIpc) is 3.26. The van der Waals surface area contributed by atoms with Gasteiger partial charge in [-0.1, -0.05) is 18.2 Å². The standard InChI is InChI=1S/C24H24FN7O/c1-15-20(12-28-30-15)21-13-29-31-22(23(21)33)9-16-4-2-5-17(8-16)24-26-10-19(11-27-24)32-7-3-6-18(25)14-32/h2,4-5,8,10-13,18H,3,6-7,9,14H2,1H3,(H,28,30)(H,29,33). The Kier molecular flexibility index (Phi) is 5.68. The molecule has 1 aromatic carbocycles. The molecule has 0 radical (unpaired) electrons. The van der Waals surface area contributed by atoms with Crippen LogP contribution in [0.5, 0.6) is 0 Å². The van der Waals surface area contributed by atoms with Crippen LogP contribution in [0.15, 0.2) is 53.8 Å². The Bertz CT molecular complexity index is 1310. The third-order valence-electron chi connectivity index (χ3n) is 5.96. The van der Waals surface area contributed by atoms with E-state index in [1.165, 1.54) is 0 Å². The van der Waals surface area contributed by atoms with Crippen molar-refractivity contribution in [2.75, 3.05) is 18.0 Å². The SMILES string of the molecule is Cc1[nH]ncc1-c1c[nH]nc(Cc2cccc(-c3ncc(N4CCCC(F)C4)cn3)c2)c1=O. The van der Waals surface area contributed by atoms with Crippen LogP contribution in [0, 0.1) is 6.92 Å². The smallest absolute Gasteiger partial charge is 0.211 e. The molecular weight excluding hydrogens is 421 g/mol. The second kappa shape index (κ2) is 8.93. The number of piperidine rings is 1. The molecule has 8 nitrogen and oxygen atoms in total. The van der Waals surface area contributed by atoms with Gasteiger partial charge in [0.25, 0.3) is 0 Å². The van der Waals surface area contributed by atoms with E-state index in [9.17, 15) is 9.18 Å². The van der Waals surface area contributed by atoms with E-state index in [0.29, 0.717) is 36.5 Å². The predicted molar refractivity (Wildman–Crippen MR) is 124 cm³/mol. The number of nitrogens with zero attached hydrogens (tertiary/aromatic N) is 5. The van der Waals surface area contributed by atoms with E-state index in [1.807, 2.05) is 36.1 Å². The lowest BCUT2D eigenvalue weighted by Gasteiger charge is -2.30. The number of aromatic nitrogens is 6. The Hall–Kier alpha value is -3.88. The van der Waals surface area contributed by atoms with Crippen molar-refractivity contribution in [1.29, 1.82) is 0 Å². The maximum atomic E-state index is 13.7. The Morgan fingerprint density at radius 3 is 2.79 bits per heavy atom. The van der Waals surface area contributed by atoms with Crippen molar-refractivity contribution in [3.63, 3.8) is 0 Å². The zero-order chi connectivity index (χ0) is 22.8. The summed E-state index contributed by atoms with van der Waals surface area (Å²) in [6.07, 6.45) is 7.75. The van der Waals surface area contributed by atoms with Gasteiger partial charge in [0.15, 0.2) is 5.82 Å². The second-order valence-electron chi connectivity index (χ2n) is 8.31. The van der Waals surface area contributed by atoms with E-state index in [1.54, 1.807) is 24.8 Å². The fourth-order valence-electron chi connectivity index (χ4n) is 4.20. The summed E-state index contributed by atoms with van der Waals surface area (Å²) in [5, 5.41) is 13.9. The second-order valence-corrected chi connectivity index (χ2v) is 8.31. The molecule has 33 heavy (non-hydrogen) atoms. The molecule has 1 aliphatic heterocycles. The van der Waals surface area contributed by atoms with Gasteiger partial charge >= 0.3 is 0 Å².